The molecule has 0 saturated heterocycles. The molecule has 0 atom stereocenters. The van der Waals surface area contributed by atoms with Gasteiger partial charge < -0.3 is 10.3 Å². The van der Waals surface area contributed by atoms with Crippen molar-refractivity contribution < 1.29 is 4.79 Å². The number of H-pyrrole nitrogens is 1. The van der Waals surface area contributed by atoms with Crippen molar-refractivity contribution in [3.05, 3.63) is 65.0 Å². The quantitative estimate of drug-likeness (QED) is 0.760. The lowest BCUT2D eigenvalue weighted by Gasteiger charge is -2.08. The van der Waals surface area contributed by atoms with E-state index in [4.69, 9.17) is 0 Å². The monoisotopic (exact) mass is 307 g/mol. The van der Waals surface area contributed by atoms with E-state index in [-0.39, 0.29) is 5.91 Å². The Morgan fingerprint density at radius 1 is 1.22 bits per heavy atom. The number of fused-ring (bicyclic) bond motifs is 1. The number of aryl methyl sites for hydroxylation is 2. The first-order chi connectivity index (χ1) is 11.2. The Bertz CT molecular complexity index is 836. The highest BCUT2D eigenvalue weighted by Crippen LogP contribution is 2.15. The zero-order chi connectivity index (χ0) is 16.2. The number of nitrogens with zero attached hydrogens (tertiary/aromatic N) is 1. The van der Waals surface area contributed by atoms with Gasteiger partial charge in [0.1, 0.15) is 5.82 Å². The highest BCUT2D eigenvalue weighted by atomic mass is 16.1. The molecule has 0 bridgehead atoms. The third-order valence-electron chi connectivity index (χ3n) is 4.03. The third kappa shape index (κ3) is 3.59. The molecular formula is C19H21N3O. The number of nitrogens with one attached hydrogen (secondary N) is 2. The maximum absolute atomic E-state index is 12.2. The summed E-state index contributed by atoms with van der Waals surface area (Å²) in [6.45, 7) is 4.69. The van der Waals surface area contributed by atoms with E-state index in [9.17, 15) is 4.79 Å². The molecule has 0 spiro atoms. The van der Waals surface area contributed by atoms with Crippen LogP contribution in [0, 0.1) is 6.92 Å². The van der Waals surface area contributed by atoms with Crippen LogP contribution in [0.15, 0.2) is 42.5 Å². The predicted octanol–water partition coefficient (Wildman–Crippen LogP) is 3.29. The second-order valence-electron chi connectivity index (χ2n) is 5.77. The summed E-state index contributed by atoms with van der Waals surface area (Å²) in [4.78, 5) is 19.9. The summed E-state index contributed by atoms with van der Waals surface area (Å²) in [5.74, 6) is 1.00. The Hall–Kier alpha value is -2.62. The third-order valence-corrected chi connectivity index (χ3v) is 4.03. The van der Waals surface area contributed by atoms with Crippen molar-refractivity contribution >= 4 is 16.9 Å². The minimum Gasteiger partial charge on any atom is -0.352 e. The van der Waals surface area contributed by atoms with Crippen LogP contribution in [0.3, 0.4) is 0 Å². The van der Waals surface area contributed by atoms with Crippen molar-refractivity contribution in [2.75, 3.05) is 0 Å². The van der Waals surface area contributed by atoms with Gasteiger partial charge in [-0.25, -0.2) is 4.98 Å². The van der Waals surface area contributed by atoms with E-state index in [1.807, 2.05) is 36.4 Å². The second-order valence-corrected chi connectivity index (χ2v) is 5.77. The molecule has 1 aromatic heterocycles. The number of hydrogen-bond donors (Lipinski definition) is 2. The molecule has 0 aliphatic rings. The van der Waals surface area contributed by atoms with Gasteiger partial charge >= 0.3 is 0 Å². The number of amides is 1. The molecular weight excluding hydrogens is 286 g/mol. The number of carbonyl (C=O) groups is 1. The van der Waals surface area contributed by atoms with Gasteiger partial charge in [0, 0.05) is 13.0 Å². The molecule has 2 N–H and O–H groups in total. The van der Waals surface area contributed by atoms with E-state index in [1.54, 1.807) is 0 Å². The van der Waals surface area contributed by atoms with Gasteiger partial charge in [0.25, 0.3) is 0 Å². The molecule has 0 saturated carbocycles. The zero-order valence-electron chi connectivity index (χ0n) is 13.5. The lowest BCUT2D eigenvalue weighted by atomic mass is 10.1. The number of aromatic amines is 1. The molecule has 3 aromatic rings. The minimum absolute atomic E-state index is 0.0304. The van der Waals surface area contributed by atoms with Gasteiger partial charge in [-0.2, -0.15) is 0 Å². The smallest absolute Gasteiger partial charge is 0.224 e. The Labute approximate surface area is 136 Å². The lowest BCUT2D eigenvalue weighted by molar-refractivity contribution is -0.120. The fraction of sp³-hybridized carbons (Fsp3) is 0.263. The van der Waals surface area contributed by atoms with Crippen LogP contribution in [-0.4, -0.2) is 15.9 Å². The van der Waals surface area contributed by atoms with Gasteiger partial charge in [-0.1, -0.05) is 37.3 Å². The molecule has 23 heavy (non-hydrogen) atoms. The van der Waals surface area contributed by atoms with E-state index < -0.39 is 0 Å². The Balaban J connectivity index is 1.64. The molecule has 1 heterocycles. The molecule has 2 aromatic carbocycles. The Morgan fingerprint density at radius 3 is 2.83 bits per heavy atom. The van der Waals surface area contributed by atoms with Gasteiger partial charge in [-0.15, -0.1) is 0 Å². The number of rotatable bonds is 5. The molecule has 0 unspecified atom stereocenters. The van der Waals surface area contributed by atoms with Crippen molar-refractivity contribution in [1.82, 2.24) is 15.3 Å². The average molecular weight is 307 g/mol. The largest absolute Gasteiger partial charge is 0.352 e. The molecule has 4 nitrogen and oxygen atoms in total. The molecule has 0 aliphatic heterocycles. The Morgan fingerprint density at radius 2 is 2.04 bits per heavy atom. The van der Waals surface area contributed by atoms with Gasteiger partial charge in [-0.3, -0.25) is 4.79 Å². The fourth-order valence-corrected chi connectivity index (χ4v) is 2.64. The Kier molecular flexibility index (Phi) is 4.42. The van der Waals surface area contributed by atoms with Crippen molar-refractivity contribution in [2.24, 2.45) is 0 Å². The molecule has 0 aliphatic carbocycles. The topological polar surface area (TPSA) is 57.8 Å². The summed E-state index contributed by atoms with van der Waals surface area (Å²) >= 11 is 0. The van der Waals surface area contributed by atoms with E-state index in [1.165, 1.54) is 5.56 Å². The van der Waals surface area contributed by atoms with E-state index >= 15 is 0 Å². The van der Waals surface area contributed by atoms with Crippen molar-refractivity contribution in [1.29, 1.82) is 0 Å². The van der Waals surface area contributed by atoms with Crippen LogP contribution >= 0.6 is 0 Å². The fourth-order valence-electron chi connectivity index (χ4n) is 2.64. The predicted molar refractivity (Wildman–Crippen MR) is 92.2 cm³/mol. The normalized spacial score (nSPS) is 10.9. The van der Waals surface area contributed by atoms with Gasteiger partial charge in [0.05, 0.1) is 17.5 Å². The highest BCUT2D eigenvalue weighted by molar-refractivity contribution is 5.81. The number of imidazole rings is 1. The summed E-state index contributed by atoms with van der Waals surface area (Å²) in [7, 11) is 0. The number of aromatic nitrogens is 2. The van der Waals surface area contributed by atoms with Crippen LogP contribution < -0.4 is 5.32 Å². The first-order valence-electron chi connectivity index (χ1n) is 7.94. The second kappa shape index (κ2) is 6.65. The lowest BCUT2D eigenvalue weighted by Crippen LogP contribution is -2.24. The number of carbonyl (C=O) groups excluding carboxylic acids is 1. The first-order valence-corrected chi connectivity index (χ1v) is 7.94. The summed E-state index contributed by atoms with van der Waals surface area (Å²) in [5, 5.41) is 2.99. The van der Waals surface area contributed by atoms with Crippen LogP contribution in [0.25, 0.3) is 11.0 Å². The standard InChI is InChI=1S/C19H21N3O/c1-3-18-21-16-9-8-14(10-17(16)22-18)11-19(23)20-12-15-7-5-4-6-13(15)2/h4-10H,3,11-12H2,1-2H3,(H,20,23)(H,21,22). The summed E-state index contributed by atoms with van der Waals surface area (Å²) in [5.41, 5.74) is 5.28. The van der Waals surface area contributed by atoms with Gasteiger partial charge in [0.2, 0.25) is 5.91 Å². The van der Waals surface area contributed by atoms with E-state index in [2.05, 4.69) is 35.2 Å². The maximum Gasteiger partial charge on any atom is 0.224 e. The molecule has 1 amide bonds. The molecule has 3 rings (SSSR count). The molecule has 0 radical (unpaired) electrons. The van der Waals surface area contributed by atoms with Crippen LogP contribution in [-0.2, 0) is 24.2 Å². The van der Waals surface area contributed by atoms with Crippen LogP contribution in [0.2, 0.25) is 0 Å². The van der Waals surface area contributed by atoms with E-state index in [0.29, 0.717) is 13.0 Å². The molecule has 0 fully saturated rings. The number of hydrogen-bond acceptors (Lipinski definition) is 2. The molecule has 118 valence electrons. The summed E-state index contributed by atoms with van der Waals surface area (Å²) in [6.07, 6.45) is 1.25. The zero-order valence-corrected chi connectivity index (χ0v) is 13.5. The average Bonchev–Trinajstić information content (AvgIpc) is 2.96. The van der Waals surface area contributed by atoms with E-state index in [0.717, 1.165) is 34.4 Å². The van der Waals surface area contributed by atoms with Crippen LogP contribution in [0.1, 0.15) is 29.4 Å². The maximum atomic E-state index is 12.2. The van der Waals surface area contributed by atoms with Gasteiger partial charge in [0.15, 0.2) is 0 Å². The van der Waals surface area contributed by atoms with Gasteiger partial charge in [-0.05, 0) is 35.7 Å². The number of benzene rings is 2. The summed E-state index contributed by atoms with van der Waals surface area (Å²) < 4.78 is 0. The molecule has 4 heteroatoms. The summed E-state index contributed by atoms with van der Waals surface area (Å²) in [6, 6.07) is 14.0. The van der Waals surface area contributed by atoms with Crippen molar-refractivity contribution in [3.8, 4) is 0 Å². The van der Waals surface area contributed by atoms with Crippen molar-refractivity contribution in [3.63, 3.8) is 0 Å². The minimum atomic E-state index is 0.0304. The highest BCUT2D eigenvalue weighted by Gasteiger charge is 2.07. The van der Waals surface area contributed by atoms with Crippen molar-refractivity contribution in [2.45, 2.75) is 33.2 Å². The SMILES string of the molecule is CCc1nc2ccc(CC(=O)NCc3ccccc3C)cc2[nH]1. The van der Waals surface area contributed by atoms with Crippen LogP contribution in [0.5, 0.6) is 0 Å². The van der Waals surface area contributed by atoms with Crippen LogP contribution in [0.4, 0.5) is 0 Å². The first kappa shape index (κ1) is 15.3.